The molecule has 1 saturated heterocycles. The molecule has 1 aromatic carbocycles. The van der Waals surface area contributed by atoms with E-state index in [2.05, 4.69) is 45.2 Å². The quantitative estimate of drug-likeness (QED) is 0.766. The minimum Gasteiger partial charge on any atom is -0.465 e. The monoisotopic (exact) mass is 404 g/mol. The number of amides is 1. The van der Waals surface area contributed by atoms with Crippen LogP contribution in [-0.4, -0.2) is 23.9 Å². The first-order chi connectivity index (χ1) is 11.9. The van der Waals surface area contributed by atoms with Gasteiger partial charge in [-0.1, -0.05) is 19.1 Å². The number of furan rings is 1. The van der Waals surface area contributed by atoms with Crippen molar-refractivity contribution in [3.05, 3.63) is 51.4 Å². The zero-order chi connectivity index (χ0) is 18.0. The van der Waals surface area contributed by atoms with Crippen LogP contribution in [-0.2, 0) is 6.54 Å². The van der Waals surface area contributed by atoms with Gasteiger partial charge in [0.25, 0.3) is 5.91 Å². The van der Waals surface area contributed by atoms with Gasteiger partial charge in [-0.2, -0.15) is 0 Å². The lowest BCUT2D eigenvalue weighted by molar-refractivity contribution is 0.102. The van der Waals surface area contributed by atoms with Crippen LogP contribution in [0.2, 0.25) is 0 Å². The molecule has 3 rings (SSSR count). The van der Waals surface area contributed by atoms with Crippen molar-refractivity contribution in [2.75, 3.05) is 18.4 Å². The van der Waals surface area contributed by atoms with Gasteiger partial charge in [-0.15, -0.1) is 0 Å². The molecule has 1 amide bonds. The van der Waals surface area contributed by atoms with Crippen molar-refractivity contribution < 1.29 is 9.21 Å². The van der Waals surface area contributed by atoms with Crippen molar-refractivity contribution in [3.8, 4) is 0 Å². The summed E-state index contributed by atoms with van der Waals surface area (Å²) in [5.41, 5.74) is 2.64. The van der Waals surface area contributed by atoms with E-state index in [0.29, 0.717) is 17.1 Å². The summed E-state index contributed by atoms with van der Waals surface area (Å²) in [6, 6.07) is 8.13. The fourth-order valence-corrected chi connectivity index (χ4v) is 4.03. The Hall–Kier alpha value is -1.59. The third-order valence-corrected chi connectivity index (χ3v) is 5.73. The average Bonchev–Trinajstić information content (AvgIpc) is 2.82. The predicted octanol–water partition coefficient (Wildman–Crippen LogP) is 5.14. The Balaban J connectivity index is 1.63. The summed E-state index contributed by atoms with van der Waals surface area (Å²) in [4.78, 5) is 15.0. The number of nitrogens with one attached hydrogen (secondary N) is 1. The largest absolute Gasteiger partial charge is 0.465 e. The van der Waals surface area contributed by atoms with Gasteiger partial charge in [0.2, 0.25) is 0 Å². The number of hydrogen-bond acceptors (Lipinski definition) is 3. The number of carbonyl (C=O) groups is 1. The number of aryl methyl sites for hydroxylation is 2. The topological polar surface area (TPSA) is 45.5 Å². The maximum Gasteiger partial charge on any atom is 0.260 e. The molecule has 25 heavy (non-hydrogen) atoms. The highest BCUT2D eigenvalue weighted by Crippen LogP contribution is 2.28. The second-order valence-corrected chi connectivity index (χ2v) is 7.83. The molecule has 0 saturated carbocycles. The summed E-state index contributed by atoms with van der Waals surface area (Å²) in [7, 11) is 0. The van der Waals surface area contributed by atoms with Crippen molar-refractivity contribution in [2.45, 2.75) is 40.2 Å². The van der Waals surface area contributed by atoms with E-state index in [9.17, 15) is 4.79 Å². The molecule has 5 heteroatoms. The molecule has 0 aliphatic carbocycles. The van der Waals surface area contributed by atoms with Gasteiger partial charge in [0, 0.05) is 18.8 Å². The molecule has 2 heterocycles. The highest BCUT2D eigenvalue weighted by atomic mass is 79.9. The van der Waals surface area contributed by atoms with E-state index in [1.165, 1.54) is 31.5 Å². The number of likely N-dealkylation sites (tertiary alicyclic amines) is 1. The van der Waals surface area contributed by atoms with Crippen LogP contribution >= 0.6 is 15.9 Å². The van der Waals surface area contributed by atoms with Gasteiger partial charge in [-0.3, -0.25) is 9.69 Å². The first-order valence-electron chi connectivity index (χ1n) is 8.82. The molecule has 2 aromatic rings. The maximum absolute atomic E-state index is 12.5. The first-order valence-corrected chi connectivity index (χ1v) is 9.61. The number of halogens is 1. The van der Waals surface area contributed by atoms with Gasteiger partial charge in [0.15, 0.2) is 0 Å². The second kappa shape index (κ2) is 7.75. The summed E-state index contributed by atoms with van der Waals surface area (Å²) in [6.07, 6.45) is 2.62. The highest BCUT2D eigenvalue weighted by Gasteiger charge is 2.20. The van der Waals surface area contributed by atoms with E-state index in [1.54, 1.807) is 6.92 Å². The number of anilines is 1. The predicted molar refractivity (Wildman–Crippen MR) is 104 cm³/mol. The van der Waals surface area contributed by atoms with Crippen LogP contribution in [0.5, 0.6) is 0 Å². The SMILES string of the molecule is Cc1oc(C)c(C(=O)Nc2ccc(CN3CCCC(C)C3)cc2)c1Br. The molecule has 0 radical (unpaired) electrons. The van der Waals surface area contributed by atoms with E-state index < -0.39 is 0 Å². The van der Waals surface area contributed by atoms with Gasteiger partial charge in [0.1, 0.15) is 11.5 Å². The van der Waals surface area contributed by atoms with Crippen LogP contribution < -0.4 is 5.32 Å². The van der Waals surface area contributed by atoms with E-state index in [0.717, 1.165) is 22.6 Å². The standard InChI is InChI=1S/C20H25BrN2O2/c1-13-5-4-10-23(11-13)12-16-6-8-17(9-7-16)22-20(24)18-14(2)25-15(3)19(18)21/h6-9,13H,4-5,10-12H2,1-3H3,(H,22,24). The van der Waals surface area contributed by atoms with Crippen LogP contribution in [0.15, 0.2) is 33.2 Å². The molecule has 1 N–H and O–H groups in total. The fourth-order valence-electron chi connectivity index (χ4n) is 3.49. The van der Waals surface area contributed by atoms with E-state index >= 15 is 0 Å². The molecule has 1 fully saturated rings. The summed E-state index contributed by atoms with van der Waals surface area (Å²) in [6.45, 7) is 9.29. The Kier molecular flexibility index (Phi) is 5.64. The number of benzene rings is 1. The number of carbonyl (C=O) groups excluding carboxylic acids is 1. The summed E-state index contributed by atoms with van der Waals surface area (Å²) in [5.74, 6) is 1.97. The van der Waals surface area contributed by atoms with Crippen LogP contribution in [0.25, 0.3) is 0 Å². The molecule has 1 aliphatic rings. The van der Waals surface area contributed by atoms with E-state index in [4.69, 9.17) is 4.42 Å². The van der Waals surface area contributed by atoms with E-state index in [1.807, 2.05) is 19.1 Å². The Morgan fingerprint density at radius 2 is 2.00 bits per heavy atom. The Morgan fingerprint density at radius 1 is 1.28 bits per heavy atom. The molecular weight excluding hydrogens is 380 g/mol. The lowest BCUT2D eigenvalue weighted by atomic mass is 10.00. The Bertz CT molecular complexity index is 752. The lowest BCUT2D eigenvalue weighted by Gasteiger charge is -2.30. The Morgan fingerprint density at radius 3 is 2.60 bits per heavy atom. The summed E-state index contributed by atoms with van der Waals surface area (Å²) < 4.78 is 6.22. The van der Waals surface area contributed by atoms with Crippen molar-refractivity contribution in [2.24, 2.45) is 5.92 Å². The second-order valence-electron chi connectivity index (χ2n) is 7.04. The van der Waals surface area contributed by atoms with Gasteiger partial charge >= 0.3 is 0 Å². The van der Waals surface area contributed by atoms with Gasteiger partial charge < -0.3 is 9.73 Å². The van der Waals surface area contributed by atoms with Crippen molar-refractivity contribution in [1.29, 1.82) is 0 Å². The van der Waals surface area contributed by atoms with Gasteiger partial charge in [0.05, 0.1) is 10.0 Å². The maximum atomic E-state index is 12.5. The molecule has 4 nitrogen and oxygen atoms in total. The summed E-state index contributed by atoms with van der Waals surface area (Å²) in [5, 5.41) is 2.95. The highest BCUT2D eigenvalue weighted by molar-refractivity contribution is 9.10. The number of rotatable bonds is 4. The number of hydrogen-bond donors (Lipinski definition) is 1. The van der Waals surface area contributed by atoms with Crippen LogP contribution in [0.4, 0.5) is 5.69 Å². The van der Waals surface area contributed by atoms with Crippen molar-refractivity contribution in [3.63, 3.8) is 0 Å². The zero-order valence-electron chi connectivity index (χ0n) is 15.1. The molecule has 134 valence electrons. The molecule has 1 unspecified atom stereocenters. The molecule has 1 aliphatic heterocycles. The van der Waals surface area contributed by atoms with Crippen LogP contribution in [0.1, 0.15) is 47.2 Å². The van der Waals surface area contributed by atoms with Gasteiger partial charge in [-0.25, -0.2) is 0 Å². The fraction of sp³-hybridized carbons (Fsp3) is 0.450. The molecule has 0 spiro atoms. The normalized spacial score (nSPS) is 18.3. The average molecular weight is 405 g/mol. The van der Waals surface area contributed by atoms with Crippen LogP contribution in [0, 0.1) is 19.8 Å². The van der Waals surface area contributed by atoms with Crippen LogP contribution in [0.3, 0.4) is 0 Å². The Labute approximate surface area is 157 Å². The van der Waals surface area contributed by atoms with E-state index in [-0.39, 0.29) is 5.91 Å². The first kappa shape index (κ1) is 18.2. The third-order valence-electron chi connectivity index (χ3n) is 4.77. The zero-order valence-corrected chi connectivity index (χ0v) is 16.6. The molecule has 0 bridgehead atoms. The minimum atomic E-state index is -0.154. The third kappa shape index (κ3) is 4.33. The summed E-state index contributed by atoms with van der Waals surface area (Å²) >= 11 is 3.43. The smallest absolute Gasteiger partial charge is 0.260 e. The molecule has 1 atom stereocenters. The minimum absolute atomic E-state index is 0.154. The number of piperidine rings is 1. The lowest BCUT2D eigenvalue weighted by Crippen LogP contribution is -2.33. The van der Waals surface area contributed by atoms with Crippen molar-refractivity contribution in [1.82, 2.24) is 4.90 Å². The number of nitrogens with zero attached hydrogens (tertiary/aromatic N) is 1. The van der Waals surface area contributed by atoms with Gasteiger partial charge in [-0.05, 0) is 72.8 Å². The van der Waals surface area contributed by atoms with Crippen molar-refractivity contribution >= 4 is 27.5 Å². The molecular formula is C20H25BrN2O2. The molecule has 1 aromatic heterocycles.